The molecule has 1 heterocycles. The molecule has 1 rings (SSSR count). The summed E-state index contributed by atoms with van der Waals surface area (Å²) in [5.41, 5.74) is 0. The van der Waals surface area contributed by atoms with Crippen LogP contribution >= 0.6 is 0 Å². The Morgan fingerprint density at radius 1 is 1.30 bits per heavy atom. The molecule has 2 N–H and O–H groups in total. The summed E-state index contributed by atoms with van der Waals surface area (Å²) in [6.07, 6.45) is 0.372. The zero-order valence-electron chi connectivity index (χ0n) is 11.9. The van der Waals surface area contributed by atoms with Gasteiger partial charge in [0.05, 0.1) is 12.6 Å². The topological polar surface area (TPSA) is 95.9 Å². The second-order valence-corrected chi connectivity index (χ2v) is 4.91. The molecule has 2 atom stereocenters. The number of carboxylic acid groups (broad SMARTS) is 1. The standard InChI is InChI=1S/C13H22N2O5/c1-3-11(16)15-7-9(6-12(17)18)5-10(8-15)14-13(19)20-4-2/h9-10H,3-8H2,1-2H3,(H,14,19)(H,17,18). The first-order valence-electron chi connectivity index (χ1n) is 6.89. The van der Waals surface area contributed by atoms with E-state index in [2.05, 4.69) is 5.32 Å². The predicted octanol–water partition coefficient (Wildman–Crippen LogP) is 0.834. The van der Waals surface area contributed by atoms with Crippen LogP contribution < -0.4 is 5.32 Å². The number of nitrogens with zero attached hydrogens (tertiary/aromatic N) is 1. The Balaban J connectivity index is 2.66. The summed E-state index contributed by atoms with van der Waals surface area (Å²) in [7, 11) is 0. The number of alkyl carbamates (subject to hydrolysis) is 1. The average Bonchev–Trinajstić information content (AvgIpc) is 2.36. The minimum atomic E-state index is -0.893. The zero-order valence-corrected chi connectivity index (χ0v) is 11.9. The van der Waals surface area contributed by atoms with Crippen molar-refractivity contribution < 1.29 is 24.2 Å². The third-order valence-electron chi connectivity index (χ3n) is 3.25. The van der Waals surface area contributed by atoms with Gasteiger partial charge in [0.2, 0.25) is 5.91 Å². The Kier molecular flexibility index (Phi) is 6.27. The van der Waals surface area contributed by atoms with Crippen molar-refractivity contribution >= 4 is 18.0 Å². The number of rotatable bonds is 5. The van der Waals surface area contributed by atoms with Gasteiger partial charge in [-0.1, -0.05) is 6.92 Å². The van der Waals surface area contributed by atoms with E-state index in [0.717, 1.165) is 0 Å². The van der Waals surface area contributed by atoms with Gasteiger partial charge in [-0.15, -0.1) is 0 Å². The number of hydrogen-bond donors (Lipinski definition) is 2. The fourth-order valence-electron chi connectivity index (χ4n) is 2.47. The number of carbonyl (C=O) groups is 3. The van der Waals surface area contributed by atoms with E-state index in [0.29, 0.717) is 25.9 Å². The van der Waals surface area contributed by atoms with Crippen LogP contribution in [0.15, 0.2) is 0 Å². The van der Waals surface area contributed by atoms with Crippen molar-refractivity contribution in [3.05, 3.63) is 0 Å². The van der Waals surface area contributed by atoms with Crippen molar-refractivity contribution in [3.63, 3.8) is 0 Å². The van der Waals surface area contributed by atoms with Gasteiger partial charge in [0.1, 0.15) is 0 Å². The molecule has 1 aliphatic heterocycles. The van der Waals surface area contributed by atoms with Gasteiger partial charge >= 0.3 is 12.1 Å². The van der Waals surface area contributed by atoms with Gasteiger partial charge in [-0.2, -0.15) is 0 Å². The van der Waals surface area contributed by atoms with Crippen LogP contribution in [0.5, 0.6) is 0 Å². The van der Waals surface area contributed by atoms with Crippen molar-refractivity contribution in [1.82, 2.24) is 10.2 Å². The van der Waals surface area contributed by atoms with Crippen molar-refractivity contribution in [2.45, 2.75) is 39.2 Å². The molecule has 20 heavy (non-hydrogen) atoms. The quantitative estimate of drug-likeness (QED) is 0.780. The van der Waals surface area contributed by atoms with Gasteiger partial charge < -0.3 is 20.1 Å². The second-order valence-electron chi connectivity index (χ2n) is 4.91. The fraction of sp³-hybridized carbons (Fsp3) is 0.769. The molecule has 0 aliphatic carbocycles. The Bertz CT molecular complexity index is 372. The molecule has 1 fully saturated rings. The lowest BCUT2D eigenvalue weighted by molar-refractivity contribution is -0.141. The normalized spacial score (nSPS) is 22.2. The van der Waals surface area contributed by atoms with E-state index in [1.54, 1.807) is 18.7 Å². The first-order valence-corrected chi connectivity index (χ1v) is 6.89. The minimum absolute atomic E-state index is 0.00546. The third kappa shape index (κ3) is 5.07. The van der Waals surface area contributed by atoms with Crippen molar-refractivity contribution in [2.24, 2.45) is 5.92 Å². The van der Waals surface area contributed by atoms with Crippen molar-refractivity contribution in [2.75, 3.05) is 19.7 Å². The number of piperidine rings is 1. The Hall–Kier alpha value is -1.79. The highest BCUT2D eigenvalue weighted by molar-refractivity contribution is 5.76. The van der Waals surface area contributed by atoms with Gasteiger partial charge in [0, 0.05) is 25.9 Å². The van der Waals surface area contributed by atoms with Gasteiger partial charge in [0.15, 0.2) is 0 Å². The van der Waals surface area contributed by atoms with E-state index in [9.17, 15) is 14.4 Å². The van der Waals surface area contributed by atoms with Crippen LogP contribution in [0.3, 0.4) is 0 Å². The van der Waals surface area contributed by atoms with Crippen LogP contribution in [0.1, 0.15) is 33.1 Å². The van der Waals surface area contributed by atoms with Crippen molar-refractivity contribution in [1.29, 1.82) is 0 Å². The molecule has 0 aromatic heterocycles. The third-order valence-corrected chi connectivity index (χ3v) is 3.25. The highest BCUT2D eigenvalue weighted by Crippen LogP contribution is 2.21. The van der Waals surface area contributed by atoms with Gasteiger partial charge in [-0.3, -0.25) is 9.59 Å². The summed E-state index contributed by atoms with van der Waals surface area (Å²) in [5, 5.41) is 11.6. The lowest BCUT2D eigenvalue weighted by Gasteiger charge is -2.37. The van der Waals surface area contributed by atoms with Crippen LogP contribution in [0.4, 0.5) is 4.79 Å². The fourth-order valence-corrected chi connectivity index (χ4v) is 2.47. The maximum atomic E-state index is 11.8. The smallest absolute Gasteiger partial charge is 0.407 e. The molecule has 7 nitrogen and oxygen atoms in total. The van der Waals surface area contributed by atoms with E-state index in [1.807, 2.05) is 0 Å². The highest BCUT2D eigenvalue weighted by Gasteiger charge is 2.31. The second kappa shape index (κ2) is 7.72. The number of likely N-dealkylation sites (tertiary alicyclic amines) is 1. The van der Waals surface area contributed by atoms with Crippen LogP contribution in [0.2, 0.25) is 0 Å². The molecule has 0 radical (unpaired) electrons. The number of nitrogens with one attached hydrogen (secondary N) is 1. The van der Waals surface area contributed by atoms with E-state index in [4.69, 9.17) is 9.84 Å². The molecular weight excluding hydrogens is 264 g/mol. The summed E-state index contributed by atoms with van der Waals surface area (Å²) < 4.78 is 4.81. The van der Waals surface area contributed by atoms with Crippen LogP contribution in [-0.4, -0.2) is 53.7 Å². The Morgan fingerprint density at radius 3 is 2.55 bits per heavy atom. The predicted molar refractivity (Wildman–Crippen MR) is 71.2 cm³/mol. The first-order chi connectivity index (χ1) is 9.46. The summed E-state index contributed by atoms with van der Waals surface area (Å²) in [5.74, 6) is -1.07. The molecule has 7 heteroatoms. The van der Waals surface area contributed by atoms with Crippen LogP contribution in [-0.2, 0) is 14.3 Å². The summed E-state index contributed by atoms with van der Waals surface area (Å²) >= 11 is 0. The molecule has 114 valence electrons. The van der Waals surface area contributed by atoms with Gasteiger partial charge in [-0.05, 0) is 19.3 Å². The molecule has 0 bridgehead atoms. The Morgan fingerprint density at radius 2 is 2.00 bits per heavy atom. The van der Waals surface area contributed by atoms with E-state index >= 15 is 0 Å². The maximum absolute atomic E-state index is 11.8. The van der Waals surface area contributed by atoms with Gasteiger partial charge in [0.25, 0.3) is 0 Å². The molecule has 2 unspecified atom stereocenters. The molecule has 1 aliphatic rings. The van der Waals surface area contributed by atoms with Crippen molar-refractivity contribution in [3.8, 4) is 0 Å². The maximum Gasteiger partial charge on any atom is 0.407 e. The molecule has 2 amide bonds. The van der Waals surface area contributed by atoms with Gasteiger partial charge in [-0.25, -0.2) is 4.79 Å². The molecule has 0 saturated carbocycles. The Labute approximate surface area is 118 Å². The molecule has 0 spiro atoms. The molecule has 1 saturated heterocycles. The number of carbonyl (C=O) groups excluding carboxylic acids is 2. The SMILES string of the molecule is CCOC(=O)NC1CC(CC(=O)O)CN(C(=O)CC)C1. The number of amides is 2. The lowest BCUT2D eigenvalue weighted by Crippen LogP contribution is -2.52. The number of aliphatic carboxylic acids is 1. The zero-order chi connectivity index (χ0) is 15.1. The number of ether oxygens (including phenoxy) is 1. The summed E-state index contributed by atoms with van der Waals surface area (Å²) in [4.78, 5) is 35.7. The van der Waals surface area contributed by atoms with E-state index < -0.39 is 12.1 Å². The lowest BCUT2D eigenvalue weighted by atomic mass is 9.91. The monoisotopic (exact) mass is 286 g/mol. The average molecular weight is 286 g/mol. The number of hydrogen-bond acceptors (Lipinski definition) is 4. The first kappa shape index (κ1) is 16.3. The van der Waals surface area contributed by atoms with E-state index in [-0.39, 0.29) is 30.9 Å². The number of carboxylic acids is 1. The van der Waals surface area contributed by atoms with E-state index in [1.165, 1.54) is 0 Å². The largest absolute Gasteiger partial charge is 0.481 e. The minimum Gasteiger partial charge on any atom is -0.481 e. The molecule has 0 aromatic carbocycles. The summed E-state index contributed by atoms with van der Waals surface area (Å²) in [6.45, 7) is 4.58. The molecule has 0 aromatic rings. The summed E-state index contributed by atoms with van der Waals surface area (Å²) in [6, 6.07) is -0.261. The van der Waals surface area contributed by atoms with Crippen LogP contribution in [0, 0.1) is 5.92 Å². The highest BCUT2D eigenvalue weighted by atomic mass is 16.5. The molecular formula is C13H22N2O5. The van der Waals surface area contributed by atoms with Crippen LogP contribution in [0.25, 0.3) is 0 Å².